The summed E-state index contributed by atoms with van der Waals surface area (Å²) in [6, 6.07) is 14.2. The molecule has 5 nitrogen and oxygen atoms in total. The lowest BCUT2D eigenvalue weighted by molar-refractivity contribution is -0.121. The fourth-order valence-corrected chi connectivity index (χ4v) is 4.85. The van der Waals surface area contributed by atoms with Crippen molar-refractivity contribution in [2.24, 2.45) is 0 Å². The molecule has 0 unspecified atom stereocenters. The molecule has 1 N–H and O–H groups in total. The van der Waals surface area contributed by atoms with Gasteiger partial charge in [0.15, 0.2) is 11.0 Å². The molecular formula is C26H33ClN4OS. The van der Waals surface area contributed by atoms with Crippen LogP contribution in [0.4, 0.5) is 0 Å². The van der Waals surface area contributed by atoms with E-state index in [0.717, 1.165) is 35.0 Å². The maximum absolute atomic E-state index is 12.4. The van der Waals surface area contributed by atoms with E-state index in [2.05, 4.69) is 47.6 Å². The molecular weight excluding hydrogens is 452 g/mol. The maximum Gasteiger partial charge on any atom is 0.220 e. The predicted molar refractivity (Wildman–Crippen MR) is 137 cm³/mol. The largest absolute Gasteiger partial charge is 0.349 e. The number of hydrogen-bond acceptors (Lipinski definition) is 4. The zero-order valence-corrected chi connectivity index (χ0v) is 21.3. The average molecular weight is 485 g/mol. The van der Waals surface area contributed by atoms with E-state index < -0.39 is 0 Å². The van der Waals surface area contributed by atoms with Crippen molar-refractivity contribution in [3.63, 3.8) is 0 Å². The Bertz CT molecular complexity index is 1070. The molecule has 0 spiro atoms. The molecule has 0 bridgehead atoms. The fraction of sp³-hybridized carbons (Fsp3) is 0.423. The standard InChI is InChI=1S/C26H33ClN4OS/c1-4-5-6-7-8-13-25(32)28-17-24-29-30-26(33-18-21-12-10-9-11-19(21)2)31(24)23-16-22(27)15-14-20(23)3/h9-12,14-16H,4-8,13,17-18H2,1-3H3,(H,28,32). The summed E-state index contributed by atoms with van der Waals surface area (Å²) in [5.74, 6) is 1.54. The first-order chi connectivity index (χ1) is 16.0. The van der Waals surface area contributed by atoms with Crippen LogP contribution in [-0.4, -0.2) is 20.7 Å². The Kier molecular flexibility index (Phi) is 9.82. The highest BCUT2D eigenvalue weighted by Gasteiger charge is 2.17. The summed E-state index contributed by atoms with van der Waals surface area (Å²) in [7, 11) is 0. The van der Waals surface area contributed by atoms with E-state index in [4.69, 9.17) is 11.6 Å². The Hall–Kier alpha value is -2.31. The van der Waals surface area contributed by atoms with Crippen LogP contribution in [0.1, 0.15) is 68.0 Å². The summed E-state index contributed by atoms with van der Waals surface area (Å²) in [5.41, 5.74) is 4.52. The molecule has 0 saturated carbocycles. The normalized spacial score (nSPS) is 11.0. The van der Waals surface area contributed by atoms with Gasteiger partial charge in [-0.15, -0.1) is 10.2 Å². The number of carbonyl (C=O) groups excluding carboxylic acids is 1. The van der Waals surface area contributed by atoms with E-state index >= 15 is 0 Å². The monoisotopic (exact) mass is 484 g/mol. The highest BCUT2D eigenvalue weighted by Crippen LogP contribution is 2.29. The summed E-state index contributed by atoms with van der Waals surface area (Å²) in [6.45, 7) is 6.68. The maximum atomic E-state index is 12.4. The number of halogens is 1. The minimum atomic E-state index is 0.0537. The molecule has 1 aromatic heterocycles. The lowest BCUT2D eigenvalue weighted by Crippen LogP contribution is -2.24. The molecule has 0 radical (unpaired) electrons. The topological polar surface area (TPSA) is 59.8 Å². The van der Waals surface area contributed by atoms with Gasteiger partial charge in [-0.1, -0.05) is 86.3 Å². The number of nitrogens with one attached hydrogen (secondary N) is 1. The van der Waals surface area contributed by atoms with Crippen LogP contribution in [0, 0.1) is 13.8 Å². The van der Waals surface area contributed by atoms with Crippen molar-refractivity contribution in [1.29, 1.82) is 0 Å². The molecule has 176 valence electrons. The van der Waals surface area contributed by atoms with Gasteiger partial charge in [0.2, 0.25) is 5.91 Å². The Morgan fingerprint density at radius 2 is 1.82 bits per heavy atom. The second-order valence-corrected chi connectivity index (χ2v) is 9.70. The van der Waals surface area contributed by atoms with Crippen molar-refractivity contribution < 1.29 is 4.79 Å². The number of rotatable bonds is 12. The van der Waals surface area contributed by atoms with Crippen LogP contribution in [0.5, 0.6) is 0 Å². The second kappa shape index (κ2) is 12.8. The third-order valence-electron chi connectivity index (χ3n) is 5.68. The smallest absolute Gasteiger partial charge is 0.220 e. The molecule has 0 aliphatic heterocycles. The van der Waals surface area contributed by atoms with Crippen LogP contribution in [0.15, 0.2) is 47.6 Å². The number of amides is 1. The van der Waals surface area contributed by atoms with Crippen molar-refractivity contribution >= 4 is 29.3 Å². The summed E-state index contributed by atoms with van der Waals surface area (Å²) in [6.07, 6.45) is 6.18. The highest BCUT2D eigenvalue weighted by molar-refractivity contribution is 7.98. The minimum Gasteiger partial charge on any atom is -0.349 e. The molecule has 0 fully saturated rings. The molecule has 0 aliphatic carbocycles. The van der Waals surface area contributed by atoms with Crippen LogP contribution >= 0.6 is 23.4 Å². The third kappa shape index (κ3) is 7.34. The Balaban J connectivity index is 1.75. The van der Waals surface area contributed by atoms with Crippen LogP contribution < -0.4 is 5.32 Å². The van der Waals surface area contributed by atoms with Gasteiger partial charge < -0.3 is 5.32 Å². The minimum absolute atomic E-state index is 0.0537. The Morgan fingerprint density at radius 3 is 2.61 bits per heavy atom. The van der Waals surface area contributed by atoms with Crippen molar-refractivity contribution in [2.45, 2.75) is 76.8 Å². The van der Waals surface area contributed by atoms with E-state index in [9.17, 15) is 4.79 Å². The van der Waals surface area contributed by atoms with Gasteiger partial charge in [-0.05, 0) is 49.1 Å². The number of unbranched alkanes of at least 4 members (excludes halogenated alkanes) is 4. The average Bonchev–Trinajstić information content (AvgIpc) is 3.21. The molecule has 1 heterocycles. The molecule has 3 rings (SSSR count). The van der Waals surface area contributed by atoms with Gasteiger partial charge in [0.1, 0.15) is 0 Å². The van der Waals surface area contributed by atoms with Gasteiger partial charge in [-0.25, -0.2) is 0 Å². The molecule has 3 aromatic rings. The summed E-state index contributed by atoms with van der Waals surface area (Å²) >= 11 is 7.96. The summed E-state index contributed by atoms with van der Waals surface area (Å²) in [4.78, 5) is 12.4. The zero-order chi connectivity index (χ0) is 23.6. The van der Waals surface area contributed by atoms with Gasteiger partial charge in [-0.3, -0.25) is 9.36 Å². The summed E-state index contributed by atoms with van der Waals surface area (Å²) in [5, 5.41) is 13.4. The van der Waals surface area contributed by atoms with Gasteiger partial charge in [0, 0.05) is 17.2 Å². The van der Waals surface area contributed by atoms with Gasteiger partial charge in [0.25, 0.3) is 0 Å². The Morgan fingerprint density at radius 1 is 1.03 bits per heavy atom. The first-order valence-corrected chi connectivity index (χ1v) is 13.0. The first-order valence-electron chi connectivity index (χ1n) is 11.6. The predicted octanol–water partition coefficient (Wildman–Crippen LogP) is 6.81. The second-order valence-electron chi connectivity index (χ2n) is 8.32. The van der Waals surface area contributed by atoms with Crippen molar-refractivity contribution in [3.05, 3.63) is 70.0 Å². The lowest BCUT2D eigenvalue weighted by atomic mass is 10.1. The van der Waals surface area contributed by atoms with E-state index in [1.54, 1.807) is 11.8 Å². The van der Waals surface area contributed by atoms with Crippen molar-refractivity contribution in [2.75, 3.05) is 0 Å². The number of aromatic nitrogens is 3. The van der Waals surface area contributed by atoms with Crippen LogP contribution in [-0.2, 0) is 17.1 Å². The number of hydrogen-bond donors (Lipinski definition) is 1. The highest BCUT2D eigenvalue weighted by atomic mass is 35.5. The van der Waals surface area contributed by atoms with Crippen LogP contribution in [0.3, 0.4) is 0 Å². The Labute approximate surface area is 206 Å². The molecule has 0 atom stereocenters. The van der Waals surface area contributed by atoms with Gasteiger partial charge in [-0.2, -0.15) is 0 Å². The quantitative estimate of drug-likeness (QED) is 0.226. The zero-order valence-electron chi connectivity index (χ0n) is 19.7. The first kappa shape index (κ1) is 25.3. The number of benzene rings is 2. The van der Waals surface area contributed by atoms with Gasteiger partial charge in [0.05, 0.1) is 12.2 Å². The molecule has 0 saturated heterocycles. The number of aryl methyl sites for hydroxylation is 2. The van der Waals surface area contributed by atoms with E-state index in [1.807, 2.05) is 35.8 Å². The molecule has 2 aromatic carbocycles. The number of carbonyl (C=O) groups is 1. The lowest BCUT2D eigenvalue weighted by Gasteiger charge is -2.14. The SMILES string of the molecule is CCCCCCCC(=O)NCc1nnc(SCc2ccccc2C)n1-c1cc(Cl)ccc1C. The number of nitrogens with zero attached hydrogens (tertiary/aromatic N) is 3. The molecule has 33 heavy (non-hydrogen) atoms. The summed E-state index contributed by atoms with van der Waals surface area (Å²) < 4.78 is 2.02. The van der Waals surface area contributed by atoms with Gasteiger partial charge >= 0.3 is 0 Å². The van der Waals surface area contributed by atoms with E-state index in [0.29, 0.717) is 23.8 Å². The molecule has 1 amide bonds. The van der Waals surface area contributed by atoms with E-state index in [1.165, 1.54) is 30.4 Å². The molecule has 7 heteroatoms. The fourth-order valence-electron chi connectivity index (χ4n) is 3.64. The number of thioether (sulfide) groups is 1. The van der Waals surface area contributed by atoms with Crippen molar-refractivity contribution in [3.8, 4) is 5.69 Å². The molecule has 0 aliphatic rings. The van der Waals surface area contributed by atoms with Crippen LogP contribution in [0.2, 0.25) is 5.02 Å². The van der Waals surface area contributed by atoms with Crippen LogP contribution in [0.25, 0.3) is 5.69 Å². The third-order valence-corrected chi connectivity index (χ3v) is 6.89. The van der Waals surface area contributed by atoms with E-state index in [-0.39, 0.29) is 5.91 Å². The van der Waals surface area contributed by atoms with Crippen molar-refractivity contribution in [1.82, 2.24) is 20.1 Å².